The van der Waals surface area contributed by atoms with E-state index in [1.54, 1.807) is 0 Å². The number of rotatable bonds is 1. The summed E-state index contributed by atoms with van der Waals surface area (Å²) in [5.74, 6) is 0. The van der Waals surface area contributed by atoms with E-state index < -0.39 is 0 Å². The molecule has 0 spiro atoms. The molecule has 0 radical (unpaired) electrons. The van der Waals surface area contributed by atoms with Gasteiger partial charge in [-0.05, 0) is 48.5 Å². The summed E-state index contributed by atoms with van der Waals surface area (Å²) < 4.78 is 5.16. The Balaban J connectivity index is 1.58. The molecule has 3 heterocycles. The average molecular weight is 439 g/mol. The molecule has 0 bridgehead atoms. The fraction of sp³-hybridized carbons (Fsp3) is 0. The fourth-order valence-corrected chi connectivity index (χ4v) is 6.64. The first kappa shape index (κ1) is 17.5. The molecule has 0 atom stereocenters. The SMILES string of the molecule is c1ccc(N2c3ccccc3-n3c4cc5sc6ccccc6c5cc4c4cccc2c43)cc1. The van der Waals surface area contributed by atoms with Crippen molar-refractivity contribution in [1.29, 1.82) is 0 Å². The molecule has 0 fully saturated rings. The van der Waals surface area contributed by atoms with Gasteiger partial charge in [-0.3, -0.25) is 0 Å². The normalized spacial score (nSPS) is 12.8. The van der Waals surface area contributed by atoms with Crippen molar-refractivity contribution in [2.45, 2.75) is 0 Å². The number of hydrogen-bond acceptors (Lipinski definition) is 2. The first-order valence-electron chi connectivity index (χ1n) is 11.2. The van der Waals surface area contributed by atoms with Crippen LogP contribution in [0.4, 0.5) is 17.1 Å². The second-order valence-corrected chi connectivity index (χ2v) is 9.72. The molecular weight excluding hydrogens is 420 g/mol. The van der Waals surface area contributed by atoms with Crippen molar-refractivity contribution in [1.82, 2.24) is 4.57 Å². The lowest BCUT2D eigenvalue weighted by Crippen LogP contribution is -2.17. The van der Waals surface area contributed by atoms with Gasteiger partial charge in [-0.2, -0.15) is 0 Å². The van der Waals surface area contributed by atoms with Crippen LogP contribution < -0.4 is 4.90 Å². The van der Waals surface area contributed by atoms with E-state index in [1.165, 1.54) is 64.7 Å². The van der Waals surface area contributed by atoms with Crippen molar-refractivity contribution in [2.24, 2.45) is 0 Å². The number of hydrogen-bond donors (Lipinski definition) is 0. The minimum absolute atomic E-state index is 1.18. The van der Waals surface area contributed by atoms with E-state index in [9.17, 15) is 0 Å². The molecule has 3 heteroatoms. The van der Waals surface area contributed by atoms with Crippen molar-refractivity contribution in [3.05, 3.63) is 109 Å². The Labute approximate surface area is 194 Å². The molecular formula is C30H18N2S. The summed E-state index contributed by atoms with van der Waals surface area (Å²) in [6, 6.07) is 39.7. The van der Waals surface area contributed by atoms with Gasteiger partial charge in [0.25, 0.3) is 0 Å². The molecule has 2 aromatic heterocycles. The number of benzene rings is 5. The van der Waals surface area contributed by atoms with E-state index in [0.29, 0.717) is 0 Å². The quantitative estimate of drug-likeness (QED) is 0.248. The number of thiophene rings is 1. The van der Waals surface area contributed by atoms with Crippen LogP contribution in [0.2, 0.25) is 0 Å². The molecule has 8 rings (SSSR count). The van der Waals surface area contributed by atoms with Gasteiger partial charge in [0.2, 0.25) is 0 Å². The van der Waals surface area contributed by atoms with Gasteiger partial charge in [-0.25, -0.2) is 0 Å². The molecule has 33 heavy (non-hydrogen) atoms. The summed E-state index contributed by atoms with van der Waals surface area (Å²) in [5, 5.41) is 5.31. The number of anilines is 3. The van der Waals surface area contributed by atoms with Crippen LogP contribution in [0.5, 0.6) is 0 Å². The van der Waals surface area contributed by atoms with E-state index in [4.69, 9.17) is 0 Å². The van der Waals surface area contributed by atoms with E-state index in [2.05, 4.69) is 119 Å². The van der Waals surface area contributed by atoms with Gasteiger partial charge in [-0.15, -0.1) is 11.3 Å². The van der Waals surface area contributed by atoms with E-state index in [-0.39, 0.29) is 0 Å². The topological polar surface area (TPSA) is 8.17 Å². The molecule has 5 aromatic carbocycles. The molecule has 0 saturated carbocycles. The number of nitrogens with zero attached hydrogens (tertiary/aromatic N) is 2. The largest absolute Gasteiger partial charge is 0.306 e. The second kappa shape index (κ2) is 6.25. The molecule has 0 amide bonds. The van der Waals surface area contributed by atoms with Crippen LogP contribution in [0.3, 0.4) is 0 Å². The lowest BCUT2D eigenvalue weighted by Gasteiger charge is -2.33. The van der Waals surface area contributed by atoms with Gasteiger partial charge in [0.1, 0.15) is 0 Å². The highest BCUT2D eigenvalue weighted by molar-refractivity contribution is 7.25. The van der Waals surface area contributed by atoms with Gasteiger partial charge in [0, 0.05) is 36.6 Å². The zero-order valence-corrected chi connectivity index (χ0v) is 18.5. The summed E-state index contributed by atoms with van der Waals surface area (Å²) in [6.45, 7) is 0. The van der Waals surface area contributed by atoms with Crippen LogP contribution in [0.1, 0.15) is 0 Å². The Morgan fingerprint density at radius 3 is 2.12 bits per heavy atom. The standard InChI is InChI=1S/C30H18N2S/c1-2-9-19(10-3-1)31-24-13-5-6-14-25(24)32-27-18-29-23(20-11-4-7-16-28(20)33-29)17-22(27)21-12-8-15-26(31)30(21)32/h1-18H. The molecule has 154 valence electrons. The number of fused-ring (bicyclic) bond motifs is 8. The van der Waals surface area contributed by atoms with Crippen molar-refractivity contribution >= 4 is 70.4 Å². The molecule has 0 aliphatic carbocycles. The highest BCUT2D eigenvalue weighted by atomic mass is 32.1. The monoisotopic (exact) mass is 438 g/mol. The molecule has 0 unspecified atom stereocenters. The average Bonchev–Trinajstić information content (AvgIpc) is 3.40. The van der Waals surface area contributed by atoms with Gasteiger partial charge in [-0.1, -0.05) is 60.7 Å². The minimum Gasteiger partial charge on any atom is -0.306 e. The predicted molar refractivity (Wildman–Crippen MR) is 142 cm³/mol. The smallest absolute Gasteiger partial charge is 0.0783 e. The maximum absolute atomic E-state index is 2.47. The van der Waals surface area contributed by atoms with Crippen LogP contribution in [-0.2, 0) is 0 Å². The lowest BCUT2D eigenvalue weighted by atomic mass is 10.1. The van der Waals surface area contributed by atoms with Crippen molar-refractivity contribution in [3.8, 4) is 5.69 Å². The Hall–Kier alpha value is -4.08. The third kappa shape index (κ3) is 2.22. The lowest BCUT2D eigenvalue weighted by molar-refractivity contribution is 1.11. The minimum atomic E-state index is 1.18. The Morgan fingerprint density at radius 2 is 1.21 bits per heavy atom. The highest BCUT2D eigenvalue weighted by Crippen LogP contribution is 2.50. The van der Waals surface area contributed by atoms with E-state index in [0.717, 1.165) is 0 Å². The van der Waals surface area contributed by atoms with Crippen molar-refractivity contribution < 1.29 is 0 Å². The number of para-hydroxylation sites is 4. The van der Waals surface area contributed by atoms with Gasteiger partial charge in [0.15, 0.2) is 0 Å². The van der Waals surface area contributed by atoms with Crippen LogP contribution in [0.15, 0.2) is 109 Å². The Bertz CT molecular complexity index is 1870. The molecule has 1 aliphatic rings. The third-order valence-corrected chi connectivity index (χ3v) is 8.02. The van der Waals surface area contributed by atoms with Crippen LogP contribution >= 0.6 is 11.3 Å². The predicted octanol–water partition coefficient (Wildman–Crippen LogP) is 8.93. The highest BCUT2D eigenvalue weighted by Gasteiger charge is 2.28. The summed E-state index contributed by atoms with van der Waals surface area (Å²) in [7, 11) is 0. The molecule has 7 aromatic rings. The van der Waals surface area contributed by atoms with E-state index >= 15 is 0 Å². The van der Waals surface area contributed by atoms with E-state index in [1.807, 2.05) is 11.3 Å². The third-order valence-electron chi connectivity index (χ3n) is 6.88. The summed E-state index contributed by atoms with van der Waals surface area (Å²) >= 11 is 1.88. The summed E-state index contributed by atoms with van der Waals surface area (Å²) in [4.78, 5) is 2.40. The van der Waals surface area contributed by atoms with Gasteiger partial charge >= 0.3 is 0 Å². The van der Waals surface area contributed by atoms with Gasteiger partial charge < -0.3 is 9.47 Å². The Morgan fingerprint density at radius 1 is 0.485 bits per heavy atom. The van der Waals surface area contributed by atoms with Crippen LogP contribution in [0, 0.1) is 0 Å². The van der Waals surface area contributed by atoms with Crippen molar-refractivity contribution in [2.75, 3.05) is 4.90 Å². The maximum atomic E-state index is 2.47. The Kier molecular flexibility index (Phi) is 3.31. The summed E-state index contributed by atoms with van der Waals surface area (Å²) in [6.07, 6.45) is 0. The molecule has 0 N–H and O–H groups in total. The second-order valence-electron chi connectivity index (χ2n) is 8.63. The zero-order valence-electron chi connectivity index (χ0n) is 17.7. The van der Waals surface area contributed by atoms with Crippen LogP contribution in [-0.4, -0.2) is 4.57 Å². The first-order chi connectivity index (χ1) is 16.4. The summed E-state index contributed by atoms with van der Waals surface area (Å²) in [5.41, 5.74) is 7.38. The zero-order chi connectivity index (χ0) is 21.5. The molecule has 1 aliphatic heterocycles. The number of aromatic nitrogens is 1. The van der Waals surface area contributed by atoms with Gasteiger partial charge in [0.05, 0.1) is 28.1 Å². The maximum Gasteiger partial charge on any atom is 0.0783 e. The van der Waals surface area contributed by atoms with Crippen LogP contribution in [0.25, 0.3) is 47.7 Å². The molecule has 0 saturated heterocycles. The first-order valence-corrected chi connectivity index (χ1v) is 12.0. The fourth-order valence-electron chi connectivity index (χ4n) is 5.52. The van der Waals surface area contributed by atoms with Crippen molar-refractivity contribution in [3.63, 3.8) is 0 Å². The molecule has 2 nitrogen and oxygen atoms in total.